The van der Waals surface area contributed by atoms with Crippen molar-refractivity contribution in [3.63, 3.8) is 0 Å². The number of aryl methyl sites for hydroxylation is 1. The number of β-amino-alcohol motifs (C(OH)–C–C–N with tert-alkyl or cyclic N) is 1. The summed E-state index contributed by atoms with van der Waals surface area (Å²) < 4.78 is 10.6. The van der Waals surface area contributed by atoms with E-state index in [9.17, 15) is 4.79 Å². The molecule has 8 heteroatoms. The van der Waals surface area contributed by atoms with E-state index < -0.39 is 0 Å². The maximum atomic E-state index is 12.4. The summed E-state index contributed by atoms with van der Waals surface area (Å²) in [6.45, 7) is 6.29. The number of pyridine rings is 1. The van der Waals surface area contributed by atoms with Crippen molar-refractivity contribution < 1.29 is 19.4 Å². The summed E-state index contributed by atoms with van der Waals surface area (Å²) in [4.78, 5) is 20.9. The Labute approximate surface area is 142 Å². The molecule has 24 heavy (non-hydrogen) atoms. The fourth-order valence-electron chi connectivity index (χ4n) is 2.73. The first kappa shape index (κ1) is 18.4. The molecule has 134 valence electrons. The quantitative estimate of drug-likeness (QED) is 0.721. The van der Waals surface area contributed by atoms with Gasteiger partial charge in [0.25, 0.3) is 0 Å². The Balaban J connectivity index is 1.96. The zero-order chi connectivity index (χ0) is 17.5. The molecule has 0 atom stereocenters. The number of aliphatic hydroxyl groups is 1. The predicted octanol–water partition coefficient (Wildman–Crippen LogP) is -0.0444. The highest BCUT2D eigenvalue weighted by Gasteiger charge is 2.21. The lowest BCUT2D eigenvalue weighted by Crippen LogP contribution is -2.49. The molecule has 0 bridgehead atoms. The standard InChI is InChI=1S/C16H26N4O4/c1-12-10-13(23-2)15(16(17-12)24-3)18-14(22)11-20-6-4-19(5-7-20)8-9-21/h10,21H,4-9,11H2,1-3H3,(H,18,22). The van der Waals surface area contributed by atoms with Crippen molar-refractivity contribution in [2.75, 3.05) is 65.4 Å². The normalized spacial score (nSPS) is 16.0. The van der Waals surface area contributed by atoms with E-state index in [4.69, 9.17) is 14.6 Å². The van der Waals surface area contributed by atoms with Crippen LogP contribution in [0, 0.1) is 6.92 Å². The summed E-state index contributed by atoms with van der Waals surface area (Å²) in [5, 5.41) is 11.8. The van der Waals surface area contributed by atoms with E-state index in [-0.39, 0.29) is 12.5 Å². The lowest BCUT2D eigenvalue weighted by atomic mass is 10.3. The molecular formula is C16H26N4O4. The molecule has 1 amide bonds. The van der Waals surface area contributed by atoms with Crippen LogP contribution in [0.1, 0.15) is 5.69 Å². The van der Waals surface area contributed by atoms with Gasteiger partial charge in [0, 0.05) is 44.5 Å². The molecule has 1 aliphatic rings. The fraction of sp³-hybridized carbons (Fsp3) is 0.625. The van der Waals surface area contributed by atoms with Gasteiger partial charge in [-0.05, 0) is 6.92 Å². The van der Waals surface area contributed by atoms with Crippen LogP contribution in [-0.4, -0.2) is 85.9 Å². The van der Waals surface area contributed by atoms with E-state index in [0.717, 1.165) is 31.9 Å². The smallest absolute Gasteiger partial charge is 0.241 e. The first-order valence-electron chi connectivity index (χ1n) is 8.02. The molecule has 0 radical (unpaired) electrons. The van der Waals surface area contributed by atoms with Crippen LogP contribution in [0.25, 0.3) is 0 Å². The monoisotopic (exact) mass is 338 g/mol. The number of amides is 1. The Hall–Kier alpha value is -1.90. The molecule has 0 saturated carbocycles. The number of ether oxygens (including phenoxy) is 2. The minimum absolute atomic E-state index is 0.132. The third-order valence-electron chi connectivity index (χ3n) is 4.00. The topological polar surface area (TPSA) is 87.2 Å². The molecule has 0 aromatic carbocycles. The van der Waals surface area contributed by atoms with Crippen LogP contribution in [0.5, 0.6) is 11.6 Å². The average Bonchev–Trinajstić information content (AvgIpc) is 2.58. The molecule has 8 nitrogen and oxygen atoms in total. The summed E-state index contributed by atoms with van der Waals surface area (Å²) in [6, 6.07) is 1.76. The van der Waals surface area contributed by atoms with Crippen molar-refractivity contribution in [3.8, 4) is 11.6 Å². The second-order valence-corrected chi connectivity index (χ2v) is 5.74. The van der Waals surface area contributed by atoms with E-state index in [2.05, 4.69) is 20.1 Å². The molecule has 0 aliphatic carbocycles. The van der Waals surface area contributed by atoms with Crippen molar-refractivity contribution in [2.45, 2.75) is 6.92 Å². The molecule has 2 heterocycles. The number of aromatic nitrogens is 1. The van der Waals surface area contributed by atoms with Crippen LogP contribution in [-0.2, 0) is 4.79 Å². The number of carbonyl (C=O) groups excluding carboxylic acids is 1. The predicted molar refractivity (Wildman–Crippen MR) is 90.7 cm³/mol. The lowest BCUT2D eigenvalue weighted by molar-refractivity contribution is -0.117. The third kappa shape index (κ3) is 4.80. The first-order chi connectivity index (χ1) is 11.6. The van der Waals surface area contributed by atoms with Gasteiger partial charge in [0.15, 0.2) is 0 Å². The molecule has 0 unspecified atom stereocenters. The van der Waals surface area contributed by atoms with E-state index in [1.54, 1.807) is 13.2 Å². The van der Waals surface area contributed by atoms with Gasteiger partial charge in [-0.2, -0.15) is 0 Å². The zero-order valence-corrected chi connectivity index (χ0v) is 14.5. The third-order valence-corrected chi connectivity index (χ3v) is 4.00. The van der Waals surface area contributed by atoms with Crippen LogP contribution < -0.4 is 14.8 Å². The molecular weight excluding hydrogens is 312 g/mol. The lowest BCUT2D eigenvalue weighted by Gasteiger charge is -2.33. The number of hydrogen-bond acceptors (Lipinski definition) is 7. The summed E-state index contributed by atoms with van der Waals surface area (Å²) in [5.74, 6) is 0.737. The number of methoxy groups -OCH3 is 2. The van der Waals surface area contributed by atoms with Gasteiger partial charge < -0.3 is 19.9 Å². The molecule has 1 aliphatic heterocycles. The Morgan fingerprint density at radius 3 is 2.50 bits per heavy atom. The minimum atomic E-state index is -0.132. The molecule has 1 aromatic heterocycles. The number of rotatable bonds is 7. The van der Waals surface area contributed by atoms with E-state index >= 15 is 0 Å². The molecule has 1 saturated heterocycles. The SMILES string of the molecule is COc1cc(C)nc(OC)c1NC(=O)CN1CCN(CCO)CC1. The Morgan fingerprint density at radius 1 is 1.25 bits per heavy atom. The second kappa shape index (κ2) is 8.81. The Bertz CT molecular complexity index is 534. The number of aliphatic hydroxyl groups excluding tert-OH is 1. The maximum absolute atomic E-state index is 12.4. The highest BCUT2D eigenvalue weighted by atomic mass is 16.5. The van der Waals surface area contributed by atoms with Gasteiger partial charge in [0.05, 0.1) is 27.4 Å². The Morgan fingerprint density at radius 2 is 1.92 bits per heavy atom. The van der Waals surface area contributed by atoms with Gasteiger partial charge in [-0.3, -0.25) is 14.6 Å². The van der Waals surface area contributed by atoms with Gasteiger partial charge in [-0.1, -0.05) is 0 Å². The van der Waals surface area contributed by atoms with Crippen molar-refractivity contribution in [1.82, 2.24) is 14.8 Å². The van der Waals surface area contributed by atoms with E-state index in [0.29, 0.717) is 30.4 Å². The summed E-state index contributed by atoms with van der Waals surface area (Å²) >= 11 is 0. The minimum Gasteiger partial charge on any atom is -0.494 e. The summed E-state index contributed by atoms with van der Waals surface area (Å²) in [6.07, 6.45) is 0. The number of piperazine rings is 1. The molecule has 1 fully saturated rings. The van der Waals surface area contributed by atoms with Crippen molar-refractivity contribution >= 4 is 11.6 Å². The number of anilines is 1. The second-order valence-electron chi connectivity index (χ2n) is 5.74. The molecule has 1 aromatic rings. The summed E-state index contributed by atoms with van der Waals surface area (Å²) in [7, 11) is 3.06. The van der Waals surface area contributed by atoms with Gasteiger partial charge in [0.1, 0.15) is 11.4 Å². The van der Waals surface area contributed by atoms with Gasteiger partial charge in [0.2, 0.25) is 11.8 Å². The van der Waals surface area contributed by atoms with Crippen LogP contribution >= 0.6 is 0 Å². The highest BCUT2D eigenvalue weighted by Crippen LogP contribution is 2.33. The van der Waals surface area contributed by atoms with Crippen molar-refractivity contribution in [1.29, 1.82) is 0 Å². The zero-order valence-electron chi connectivity index (χ0n) is 14.5. The van der Waals surface area contributed by atoms with E-state index in [1.165, 1.54) is 7.11 Å². The molecule has 2 N–H and O–H groups in total. The average molecular weight is 338 g/mol. The van der Waals surface area contributed by atoms with Crippen molar-refractivity contribution in [3.05, 3.63) is 11.8 Å². The number of hydrogen-bond donors (Lipinski definition) is 2. The molecule has 2 rings (SSSR count). The maximum Gasteiger partial charge on any atom is 0.241 e. The number of carbonyl (C=O) groups is 1. The van der Waals surface area contributed by atoms with Crippen molar-refractivity contribution in [2.24, 2.45) is 0 Å². The first-order valence-corrected chi connectivity index (χ1v) is 8.02. The van der Waals surface area contributed by atoms with Crippen LogP contribution in [0.4, 0.5) is 5.69 Å². The molecule has 0 spiro atoms. The number of nitrogens with zero attached hydrogens (tertiary/aromatic N) is 3. The van der Waals surface area contributed by atoms with Gasteiger partial charge in [-0.25, -0.2) is 4.98 Å². The fourth-order valence-corrected chi connectivity index (χ4v) is 2.73. The highest BCUT2D eigenvalue weighted by molar-refractivity contribution is 5.95. The van der Waals surface area contributed by atoms with Crippen LogP contribution in [0.3, 0.4) is 0 Å². The largest absolute Gasteiger partial charge is 0.494 e. The van der Waals surface area contributed by atoms with Gasteiger partial charge >= 0.3 is 0 Å². The van der Waals surface area contributed by atoms with E-state index in [1.807, 2.05) is 6.92 Å². The number of nitrogens with one attached hydrogen (secondary N) is 1. The van der Waals surface area contributed by atoms with Gasteiger partial charge in [-0.15, -0.1) is 0 Å². The van der Waals surface area contributed by atoms with Crippen LogP contribution in [0.15, 0.2) is 6.07 Å². The summed E-state index contributed by atoms with van der Waals surface area (Å²) in [5.41, 5.74) is 1.20. The Kier molecular flexibility index (Phi) is 6.77. The van der Waals surface area contributed by atoms with Crippen LogP contribution in [0.2, 0.25) is 0 Å².